The maximum Gasteiger partial charge on any atom is 0.0931 e. The van der Waals surface area contributed by atoms with Crippen LogP contribution in [0.2, 0.25) is 0 Å². The molecule has 0 bridgehead atoms. The van der Waals surface area contributed by atoms with Gasteiger partial charge in [0.05, 0.1) is 33.9 Å². The third-order valence-corrected chi connectivity index (χ3v) is 10.3. The molecule has 5 nitrogen and oxygen atoms in total. The highest BCUT2D eigenvalue weighted by Gasteiger charge is 2.65. The molecule has 4 aliphatic rings. The van der Waals surface area contributed by atoms with E-state index in [1.54, 1.807) is 6.33 Å². The Morgan fingerprint density at radius 3 is 2.71 bits per heavy atom. The molecule has 6 unspecified atom stereocenters. The van der Waals surface area contributed by atoms with Gasteiger partial charge < -0.3 is 20.5 Å². The minimum atomic E-state index is -0.861. The molecule has 4 N–H and O–H groups in total. The van der Waals surface area contributed by atoms with Crippen molar-refractivity contribution in [1.82, 2.24) is 15.3 Å². The van der Waals surface area contributed by atoms with Gasteiger partial charge in [-0.15, -0.1) is 11.6 Å². The lowest BCUT2D eigenvalue weighted by atomic mass is 9.53. The molecule has 1 heterocycles. The van der Waals surface area contributed by atoms with Gasteiger partial charge in [-0.2, -0.15) is 0 Å². The van der Waals surface area contributed by atoms with E-state index < -0.39 is 10.5 Å². The summed E-state index contributed by atoms with van der Waals surface area (Å²) in [7, 11) is 3.75. The Morgan fingerprint density at radius 2 is 1.91 bits per heavy atom. The third kappa shape index (κ3) is 3.75. The van der Waals surface area contributed by atoms with Crippen molar-refractivity contribution in [2.45, 2.75) is 81.3 Å². The summed E-state index contributed by atoms with van der Waals surface area (Å²) in [4.78, 5) is 7.02. The number of rotatable bonds is 1. The quantitative estimate of drug-likeness (QED) is 0.415. The number of imidazole rings is 1. The highest BCUT2D eigenvalue weighted by atomic mass is 35.5. The second-order valence-corrected chi connectivity index (χ2v) is 12.3. The lowest BCUT2D eigenvalue weighted by Gasteiger charge is -2.57. The molecule has 0 amide bonds. The van der Waals surface area contributed by atoms with Gasteiger partial charge in [-0.25, -0.2) is 4.98 Å². The summed E-state index contributed by atoms with van der Waals surface area (Å²) in [5.41, 5.74) is 3.70. The van der Waals surface area contributed by atoms with E-state index in [1.165, 1.54) is 11.1 Å². The number of hydrogen-bond acceptors (Lipinski definition) is 4. The van der Waals surface area contributed by atoms with Crippen LogP contribution in [0.4, 0.5) is 0 Å². The van der Waals surface area contributed by atoms with Gasteiger partial charge in [-0.3, -0.25) is 0 Å². The van der Waals surface area contributed by atoms with Gasteiger partial charge in [-0.1, -0.05) is 19.1 Å². The lowest BCUT2D eigenvalue weighted by Crippen LogP contribution is -2.62. The number of halogens is 1. The van der Waals surface area contributed by atoms with Crippen LogP contribution in [-0.2, 0) is 0 Å². The monoisotopic (exact) mass is 485 g/mol. The van der Waals surface area contributed by atoms with E-state index in [1.807, 2.05) is 14.1 Å². The number of nitrogens with zero attached hydrogens (tertiary/aromatic N) is 1. The summed E-state index contributed by atoms with van der Waals surface area (Å²) >= 11 is 7.41. The lowest BCUT2D eigenvalue weighted by molar-refractivity contribution is -0.118. The Kier molecular flexibility index (Phi) is 6.37. The average molecular weight is 486 g/mol. The first-order valence-corrected chi connectivity index (χ1v) is 13.4. The van der Waals surface area contributed by atoms with Gasteiger partial charge in [0.15, 0.2) is 0 Å². The predicted molar refractivity (Wildman–Crippen MR) is 139 cm³/mol. The van der Waals surface area contributed by atoms with Crippen LogP contribution in [0.3, 0.4) is 0 Å². The number of H-pyrrole nitrogens is 1. The molecule has 1 aromatic heterocycles. The maximum absolute atomic E-state index is 12.3. The largest absolute Gasteiger partial charge is 0.393 e. The summed E-state index contributed by atoms with van der Waals surface area (Å²) < 4.78 is 0. The molecule has 3 fully saturated rings. The number of nitrogens with one attached hydrogen (secondary N) is 2. The van der Waals surface area contributed by atoms with E-state index in [2.05, 4.69) is 46.5 Å². The molecule has 0 radical (unpaired) electrons. The Hall–Kier alpha value is -1.40. The highest BCUT2D eigenvalue weighted by molar-refractivity contribution is 6.25. The zero-order chi connectivity index (χ0) is 24.1. The molecule has 1 aromatic carbocycles. The molecule has 7 atom stereocenters. The Morgan fingerprint density at radius 1 is 1.12 bits per heavy atom. The van der Waals surface area contributed by atoms with Crippen LogP contribution in [0.15, 0.2) is 30.6 Å². The van der Waals surface area contributed by atoms with Gasteiger partial charge >= 0.3 is 0 Å². The normalized spacial score (nSPS) is 41.4. The summed E-state index contributed by atoms with van der Waals surface area (Å²) in [6.45, 7) is 2.35. The fourth-order valence-corrected chi connectivity index (χ4v) is 8.43. The Bertz CT molecular complexity index is 1070. The fraction of sp³-hybridized carbons (Fsp3) is 0.679. The van der Waals surface area contributed by atoms with Crippen molar-refractivity contribution in [3.05, 3.63) is 36.2 Å². The summed E-state index contributed by atoms with van der Waals surface area (Å²) in [6, 6.07) is 6.47. The number of hydrogen-bond donors (Lipinski definition) is 4. The number of allylic oxidation sites excluding steroid dienone is 2. The fourth-order valence-electron chi connectivity index (χ4n) is 7.91. The molecule has 6 rings (SSSR count). The van der Waals surface area contributed by atoms with Gasteiger partial charge in [0, 0.05) is 5.92 Å². The number of fused-ring (bicyclic) bond motifs is 5. The van der Waals surface area contributed by atoms with Crippen molar-refractivity contribution in [1.29, 1.82) is 0 Å². The van der Waals surface area contributed by atoms with Gasteiger partial charge in [0.2, 0.25) is 0 Å². The first-order chi connectivity index (χ1) is 16.2. The summed E-state index contributed by atoms with van der Waals surface area (Å²) in [6.07, 6.45) is 12.1. The standard InChI is InChI=1S/C26H33ClN2O2.C2H7N/c1-24-10-11-25(27)14-18-12-19(30)4-2-16(18)8-9-26(25,31)23(24)7-5-20(24)17-3-6-21-22(13-17)29-15-28-21;1-3-2/h3,5-6,13,15-16,18-19,23,30-31H,2,4,7-12,14H2,1H3,(H,28,29);3H,1-2H3/t16?,18?,19?,23?,24?,25?,26-;/m0./s1. The van der Waals surface area contributed by atoms with E-state index in [4.69, 9.17) is 11.6 Å². The van der Waals surface area contributed by atoms with Crippen molar-refractivity contribution in [2.75, 3.05) is 14.1 Å². The second kappa shape index (κ2) is 8.92. The number of aromatic amines is 1. The van der Waals surface area contributed by atoms with Gasteiger partial charge in [0.25, 0.3) is 0 Å². The zero-order valence-electron chi connectivity index (χ0n) is 20.8. The van der Waals surface area contributed by atoms with Crippen molar-refractivity contribution in [3.8, 4) is 0 Å². The minimum Gasteiger partial charge on any atom is -0.393 e. The highest BCUT2D eigenvalue weighted by Crippen LogP contribution is 2.67. The van der Waals surface area contributed by atoms with Crippen molar-refractivity contribution in [2.24, 2.45) is 23.2 Å². The predicted octanol–water partition coefficient (Wildman–Crippen LogP) is 5.27. The Balaban J connectivity index is 0.000000764. The minimum absolute atomic E-state index is 0.0735. The molecule has 186 valence electrons. The SMILES string of the molecule is CC12CCC3(Cl)CC4CC(O)CCC4CC[C@]3(O)C1CC=C2c1ccc2nc[nH]c2c1.CNC. The molecular formula is C28H40ClN3O2. The van der Waals surface area contributed by atoms with Crippen molar-refractivity contribution >= 4 is 28.2 Å². The molecule has 4 aliphatic carbocycles. The number of aromatic nitrogens is 2. The van der Waals surface area contributed by atoms with E-state index in [0.717, 1.165) is 68.8 Å². The molecule has 34 heavy (non-hydrogen) atoms. The van der Waals surface area contributed by atoms with Crippen molar-refractivity contribution < 1.29 is 10.2 Å². The third-order valence-electron chi connectivity index (χ3n) is 9.66. The van der Waals surface area contributed by atoms with Gasteiger partial charge in [0.1, 0.15) is 0 Å². The number of aliphatic hydroxyl groups is 2. The Labute approximate surface area is 208 Å². The number of aliphatic hydroxyl groups excluding tert-OH is 1. The van der Waals surface area contributed by atoms with Crippen molar-refractivity contribution in [3.63, 3.8) is 0 Å². The molecule has 0 spiro atoms. The topological polar surface area (TPSA) is 81.2 Å². The summed E-state index contributed by atoms with van der Waals surface area (Å²) in [5, 5.41) is 25.4. The maximum atomic E-state index is 12.3. The number of benzene rings is 1. The van der Waals surface area contributed by atoms with E-state index in [9.17, 15) is 10.2 Å². The average Bonchev–Trinajstić information content (AvgIpc) is 3.38. The van der Waals surface area contributed by atoms with Crippen LogP contribution < -0.4 is 5.32 Å². The van der Waals surface area contributed by atoms with E-state index >= 15 is 0 Å². The van der Waals surface area contributed by atoms with Crippen LogP contribution >= 0.6 is 11.6 Å². The molecule has 6 heteroatoms. The number of alkyl halides is 1. The second-order valence-electron chi connectivity index (χ2n) is 11.6. The summed E-state index contributed by atoms with van der Waals surface area (Å²) in [5.74, 6) is 1.18. The molecule has 0 saturated heterocycles. The first-order valence-electron chi connectivity index (χ1n) is 13.1. The van der Waals surface area contributed by atoms with Crippen LogP contribution in [0, 0.1) is 23.2 Å². The molecule has 2 aromatic rings. The van der Waals surface area contributed by atoms with E-state index in [-0.39, 0.29) is 17.4 Å². The van der Waals surface area contributed by atoms with Gasteiger partial charge in [-0.05, 0) is 112 Å². The molecular weight excluding hydrogens is 446 g/mol. The smallest absolute Gasteiger partial charge is 0.0931 e. The van der Waals surface area contributed by atoms with Crippen LogP contribution in [0.5, 0.6) is 0 Å². The van der Waals surface area contributed by atoms with Crippen LogP contribution in [0.1, 0.15) is 70.3 Å². The van der Waals surface area contributed by atoms with Crippen LogP contribution in [0.25, 0.3) is 16.6 Å². The molecule has 0 aliphatic heterocycles. The molecule has 3 saturated carbocycles. The first kappa shape index (κ1) is 24.3. The van der Waals surface area contributed by atoms with E-state index in [0.29, 0.717) is 11.8 Å². The zero-order valence-corrected chi connectivity index (χ0v) is 21.5. The van der Waals surface area contributed by atoms with Crippen LogP contribution in [-0.4, -0.2) is 50.9 Å².